The SMILES string of the molecule is Cc1cc(NCCCCC(F)(F)F)nc(Cl)n1. The molecule has 0 unspecified atom stereocenters. The predicted molar refractivity (Wildman–Crippen MR) is 60.2 cm³/mol. The van der Waals surface area contributed by atoms with E-state index in [9.17, 15) is 13.2 Å². The number of halogens is 4. The molecule has 1 N–H and O–H groups in total. The number of alkyl halides is 3. The Balaban J connectivity index is 2.27. The Morgan fingerprint density at radius 3 is 2.59 bits per heavy atom. The van der Waals surface area contributed by atoms with E-state index in [2.05, 4.69) is 15.3 Å². The van der Waals surface area contributed by atoms with Gasteiger partial charge in [0.1, 0.15) is 5.82 Å². The summed E-state index contributed by atoms with van der Waals surface area (Å²) in [6.07, 6.45) is -4.29. The maximum Gasteiger partial charge on any atom is 0.389 e. The van der Waals surface area contributed by atoms with Gasteiger partial charge < -0.3 is 5.32 Å². The van der Waals surface area contributed by atoms with E-state index in [-0.39, 0.29) is 11.7 Å². The number of unbranched alkanes of at least 4 members (excludes halogenated alkanes) is 1. The van der Waals surface area contributed by atoms with Crippen molar-refractivity contribution in [2.45, 2.75) is 32.4 Å². The molecular weight excluding hydrogens is 255 g/mol. The molecule has 0 bridgehead atoms. The summed E-state index contributed by atoms with van der Waals surface area (Å²) in [5, 5.41) is 3.04. The van der Waals surface area contributed by atoms with Crippen LogP contribution in [0.4, 0.5) is 19.0 Å². The third-order valence-corrected chi connectivity index (χ3v) is 2.19. The van der Waals surface area contributed by atoms with Gasteiger partial charge in [-0.15, -0.1) is 0 Å². The predicted octanol–water partition coefficient (Wildman–Crippen LogP) is 3.58. The minimum atomic E-state index is -4.07. The van der Waals surface area contributed by atoms with Gasteiger partial charge in [-0.1, -0.05) is 0 Å². The van der Waals surface area contributed by atoms with Crippen molar-refractivity contribution in [2.24, 2.45) is 0 Å². The zero-order chi connectivity index (χ0) is 12.9. The molecule has 0 aliphatic carbocycles. The largest absolute Gasteiger partial charge is 0.389 e. The molecule has 1 aromatic heterocycles. The lowest BCUT2D eigenvalue weighted by Gasteiger charge is -2.07. The molecule has 0 saturated heterocycles. The van der Waals surface area contributed by atoms with Crippen molar-refractivity contribution in [2.75, 3.05) is 11.9 Å². The second-order valence-electron chi connectivity index (χ2n) is 3.66. The molecule has 0 spiro atoms. The average molecular weight is 268 g/mol. The monoisotopic (exact) mass is 267 g/mol. The molecule has 0 aliphatic rings. The Hall–Kier alpha value is -1.04. The molecule has 0 amide bonds. The van der Waals surface area contributed by atoms with Gasteiger partial charge >= 0.3 is 6.18 Å². The molecule has 96 valence electrons. The van der Waals surface area contributed by atoms with E-state index in [4.69, 9.17) is 11.6 Å². The number of hydrogen-bond donors (Lipinski definition) is 1. The molecule has 0 atom stereocenters. The highest BCUT2D eigenvalue weighted by molar-refractivity contribution is 6.28. The van der Waals surface area contributed by atoms with E-state index >= 15 is 0 Å². The van der Waals surface area contributed by atoms with Crippen molar-refractivity contribution in [1.82, 2.24) is 9.97 Å². The van der Waals surface area contributed by atoms with Gasteiger partial charge in [0.25, 0.3) is 0 Å². The van der Waals surface area contributed by atoms with Gasteiger partial charge in [-0.25, -0.2) is 9.97 Å². The standard InChI is InChI=1S/C10H13ClF3N3/c1-7-6-8(17-9(11)16-7)15-5-3-2-4-10(12,13)14/h6H,2-5H2,1H3,(H,15,16,17). The zero-order valence-electron chi connectivity index (χ0n) is 9.31. The molecule has 0 saturated carbocycles. The second-order valence-corrected chi connectivity index (χ2v) is 4.00. The summed E-state index contributed by atoms with van der Waals surface area (Å²) in [5.74, 6) is 0.537. The molecule has 1 heterocycles. The van der Waals surface area contributed by atoms with Gasteiger partial charge in [0.2, 0.25) is 5.28 Å². The fraction of sp³-hybridized carbons (Fsp3) is 0.600. The topological polar surface area (TPSA) is 37.8 Å². The van der Waals surface area contributed by atoms with Gasteiger partial charge in [0, 0.05) is 24.7 Å². The maximum absolute atomic E-state index is 11.9. The first-order chi connectivity index (χ1) is 7.87. The van der Waals surface area contributed by atoms with Crippen LogP contribution in [0.1, 0.15) is 25.0 Å². The number of aryl methyl sites for hydroxylation is 1. The molecule has 0 aromatic carbocycles. The summed E-state index contributed by atoms with van der Waals surface area (Å²) in [6, 6.07) is 1.69. The van der Waals surface area contributed by atoms with Crippen LogP contribution in [0.15, 0.2) is 6.07 Å². The first-order valence-corrected chi connectivity index (χ1v) is 5.56. The van der Waals surface area contributed by atoms with Crippen LogP contribution in [0.2, 0.25) is 5.28 Å². The minimum Gasteiger partial charge on any atom is -0.370 e. The fourth-order valence-corrected chi connectivity index (χ4v) is 1.51. The summed E-state index contributed by atoms with van der Waals surface area (Å²) in [5.41, 5.74) is 0.711. The number of anilines is 1. The molecular formula is C10H13ClF3N3. The first-order valence-electron chi connectivity index (χ1n) is 5.18. The number of aromatic nitrogens is 2. The van der Waals surface area contributed by atoms with Gasteiger partial charge in [0.05, 0.1) is 0 Å². The number of hydrogen-bond acceptors (Lipinski definition) is 3. The van der Waals surface area contributed by atoms with Crippen LogP contribution in [-0.2, 0) is 0 Å². The Labute approximate surface area is 102 Å². The van der Waals surface area contributed by atoms with Crippen molar-refractivity contribution >= 4 is 17.4 Å². The minimum absolute atomic E-state index is 0.105. The lowest BCUT2D eigenvalue weighted by molar-refractivity contribution is -0.135. The Bertz CT molecular complexity index is 348. The Kier molecular flexibility index (Phi) is 4.99. The van der Waals surface area contributed by atoms with E-state index in [0.29, 0.717) is 24.5 Å². The molecule has 1 aromatic rings. The Morgan fingerprint density at radius 2 is 2.00 bits per heavy atom. The van der Waals surface area contributed by atoms with E-state index in [1.807, 2.05) is 0 Å². The molecule has 17 heavy (non-hydrogen) atoms. The highest BCUT2D eigenvalue weighted by Crippen LogP contribution is 2.22. The van der Waals surface area contributed by atoms with Crippen LogP contribution in [-0.4, -0.2) is 22.7 Å². The third kappa shape index (κ3) is 6.31. The molecule has 3 nitrogen and oxygen atoms in total. The van der Waals surface area contributed by atoms with Crippen LogP contribution in [0.5, 0.6) is 0 Å². The van der Waals surface area contributed by atoms with Crippen LogP contribution in [0.3, 0.4) is 0 Å². The number of rotatable bonds is 5. The van der Waals surface area contributed by atoms with Crippen molar-refractivity contribution < 1.29 is 13.2 Å². The van der Waals surface area contributed by atoms with E-state index < -0.39 is 12.6 Å². The summed E-state index contributed by atoms with van der Waals surface area (Å²) >= 11 is 5.64. The van der Waals surface area contributed by atoms with Gasteiger partial charge in [-0.05, 0) is 31.4 Å². The molecule has 0 aliphatic heterocycles. The van der Waals surface area contributed by atoms with Crippen molar-refractivity contribution in [3.8, 4) is 0 Å². The van der Waals surface area contributed by atoms with Crippen molar-refractivity contribution in [1.29, 1.82) is 0 Å². The summed E-state index contributed by atoms with van der Waals surface area (Å²) in [6.45, 7) is 2.20. The smallest absolute Gasteiger partial charge is 0.370 e. The highest BCUT2D eigenvalue weighted by Gasteiger charge is 2.25. The van der Waals surface area contributed by atoms with Crippen LogP contribution >= 0.6 is 11.6 Å². The summed E-state index contributed by atoms with van der Waals surface area (Å²) in [4.78, 5) is 7.78. The van der Waals surface area contributed by atoms with Crippen molar-refractivity contribution in [3.63, 3.8) is 0 Å². The van der Waals surface area contributed by atoms with Crippen LogP contribution < -0.4 is 5.32 Å². The quantitative estimate of drug-likeness (QED) is 0.654. The van der Waals surface area contributed by atoms with E-state index in [1.54, 1.807) is 13.0 Å². The average Bonchev–Trinajstić information content (AvgIpc) is 2.13. The fourth-order valence-electron chi connectivity index (χ4n) is 1.29. The van der Waals surface area contributed by atoms with Gasteiger partial charge in [-0.3, -0.25) is 0 Å². The highest BCUT2D eigenvalue weighted by atomic mass is 35.5. The lowest BCUT2D eigenvalue weighted by Crippen LogP contribution is -2.09. The molecule has 0 radical (unpaired) electrons. The Morgan fingerprint density at radius 1 is 1.29 bits per heavy atom. The summed E-state index contributed by atoms with van der Waals surface area (Å²) in [7, 11) is 0. The van der Waals surface area contributed by atoms with Crippen LogP contribution in [0.25, 0.3) is 0 Å². The second kappa shape index (κ2) is 6.05. The molecule has 0 fully saturated rings. The van der Waals surface area contributed by atoms with E-state index in [0.717, 1.165) is 0 Å². The third-order valence-electron chi connectivity index (χ3n) is 2.02. The maximum atomic E-state index is 11.9. The van der Waals surface area contributed by atoms with Gasteiger partial charge in [0.15, 0.2) is 0 Å². The molecule has 1 rings (SSSR count). The zero-order valence-corrected chi connectivity index (χ0v) is 10.1. The normalized spacial score (nSPS) is 11.6. The lowest BCUT2D eigenvalue weighted by atomic mass is 10.2. The molecule has 7 heteroatoms. The first kappa shape index (κ1) is 14.0. The summed E-state index contributed by atoms with van der Waals surface area (Å²) < 4.78 is 35.6. The van der Waals surface area contributed by atoms with Crippen molar-refractivity contribution in [3.05, 3.63) is 17.0 Å². The number of nitrogens with zero attached hydrogens (tertiary/aromatic N) is 2. The van der Waals surface area contributed by atoms with Crippen LogP contribution in [0, 0.1) is 6.92 Å². The van der Waals surface area contributed by atoms with Gasteiger partial charge in [-0.2, -0.15) is 13.2 Å². The van der Waals surface area contributed by atoms with E-state index in [1.165, 1.54) is 0 Å². The number of nitrogens with one attached hydrogen (secondary N) is 1.